The smallest absolute Gasteiger partial charge is 0.306 e. The molecule has 0 spiro atoms. The van der Waals surface area contributed by atoms with Gasteiger partial charge in [-0.1, -0.05) is 318 Å². The second-order valence-corrected chi connectivity index (χ2v) is 23.1. The zero-order chi connectivity index (χ0) is 57.8. The van der Waals surface area contributed by atoms with E-state index in [9.17, 15) is 14.4 Å². The Balaban J connectivity index is 4.36. The van der Waals surface area contributed by atoms with E-state index in [1.54, 1.807) is 0 Å². The molecule has 0 heterocycles. The molecule has 0 aromatic carbocycles. The maximum atomic E-state index is 13.0. The Bertz CT molecular complexity index is 1520. The number of allylic oxidation sites excluding steroid dienone is 14. The third-order valence-corrected chi connectivity index (χ3v) is 15.1. The molecule has 0 amide bonds. The van der Waals surface area contributed by atoms with Crippen LogP contribution in [0.15, 0.2) is 85.1 Å². The monoisotopic (exact) mass is 1110 g/mol. The maximum absolute atomic E-state index is 13.0. The predicted molar refractivity (Wildman–Crippen MR) is 348 cm³/mol. The lowest BCUT2D eigenvalue weighted by Gasteiger charge is -2.18. The number of hydrogen-bond acceptors (Lipinski definition) is 6. The maximum Gasteiger partial charge on any atom is 0.306 e. The minimum absolute atomic E-state index is 0.0838. The molecule has 0 aliphatic heterocycles. The van der Waals surface area contributed by atoms with Gasteiger partial charge in [-0.15, -0.1) is 0 Å². The van der Waals surface area contributed by atoms with Gasteiger partial charge in [0.1, 0.15) is 13.2 Å². The molecule has 6 nitrogen and oxygen atoms in total. The first-order valence-corrected chi connectivity index (χ1v) is 34.6. The Hall–Kier alpha value is -3.41. The van der Waals surface area contributed by atoms with Crippen molar-refractivity contribution in [3.05, 3.63) is 85.1 Å². The van der Waals surface area contributed by atoms with E-state index in [4.69, 9.17) is 14.2 Å². The van der Waals surface area contributed by atoms with Crippen molar-refractivity contribution in [3.8, 4) is 0 Å². The summed E-state index contributed by atoms with van der Waals surface area (Å²) >= 11 is 0. The van der Waals surface area contributed by atoms with Crippen LogP contribution in [0.5, 0.6) is 0 Å². The molecule has 1 atom stereocenters. The van der Waals surface area contributed by atoms with Gasteiger partial charge in [0.05, 0.1) is 0 Å². The van der Waals surface area contributed by atoms with Gasteiger partial charge in [0.2, 0.25) is 0 Å². The number of hydrogen-bond donors (Lipinski definition) is 0. The summed E-state index contributed by atoms with van der Waals surface area (Å²) < 4.78 is 17.0. The molecule has 0 aromatic heterocycles. The molecule has 0 aromatic rings. The van der Waals surface area contributed by atoms with E-state index in [0.29, 0.717) is 19.3 Å². The summed E-state index contributed by atoms with van der Waals surface area (Å²) in [6, 6.07) is 0. The second kappa shape index (κ2) is 68.1. The lowest BCUT2D eigenvalue weighted by Crippen LogP contribution is -2.30. The molecule has 0 radical (unpaired) electrons. The fourth-order valence-electron chi connectivity index (χ4n) is 9.97. The van der Waals surface area contributed by atoms with Crippen molar-refractivity contribution >= 4 is 17.9 Å². The lowest BCUT2D eigenvalue weighted by molar-refractivity contribution is -0.167. The van der Waals surface area contributed by atoms with E-state index in [2.05, 4.69) is 106 Å². The number of unbranched alkanes of at least 4 members (excludes halogenated alkanes) is 38. The third kappa shape index (κ3) is 65.4. The van der Waals surface area contributed by atoms with Crippen molar-refractivity contribution in [1.29, 1.82) is 0 Å². The van der Waals surface area contributed by atoms with E-state index in [1.807, 2.05) is 0 Å². The van der Waals surface area contributed by atoms with E-state index < -0.39 is 6.10 Å². The van der Waals surface area contributed by atoms with Gasteiger partial charge in [0.25, 0.3) is 0 Å². The van der Waals surface area contributed by atoms with Crippen LogP contribution < -0.4 is 0 Å². The van der Waals surface area contributed by atoms with Crippen molar-refractivity contribution in [3.63, 3.8) is 0 Å². The van der Waals surface area contributed by atoms with Gasteiger partial charge < -0.3 is 14.2 Å². The predicted octanol–water partition coefficient (Wildman–Crippen LogP) is 23.8. The first-order valence-electron chi connectivity index (χ1n) is 34.6. The molecular weight excluding hydrogens is 985 g/mol. The summed E-state index contributed by atoms with van der Waals surface area (Å²) in [6.45, 7) is 6.54. The molecule has 6 heteroatoms. The van der Waals surface area contributed by atoms with E-state index >= 15 is 0 Å². The highest BCUT2D eigenvalue weighted by atomic mass is 16.6. The van der Waals surface area contributed by atoms with Crippen LogP contribution in [0.4, 0.5) is 0 Å². The fourth-order valence-corrected chi connectivity index (χ4v) is 9.97. The summed E-state index contributed by atoms with van der Waals surface area (Å²) in [5, 5.41) is 0. The highest BCUT2D eigenvalue weighted by molar-refractivity contribution is 5.71. The SMILES string of the molecule is CC/C=C\C/C=C\C/C=C\C/C=C\CCCCCCC(=O)OCC(COC(=O)CCCCCCCCCCCC/C=C\C/C=C\C/C=C\CCCCCCC)OC(=O)CCCCCCCCCCCCCCCCCCCCCC. The number of ether oxygens (including phenoxy) is 3. The van der Waals surface area contributed by atoms with Crippen LogP contribution in [0, 0.1) is 0 Å². The van der Waals surface area contributed by atoms with Gasteiger partial charge in [0.15, 0.2) is 6.10 Å². The molecule has 0 aliphatic carbocycles. The van der Waals surface area contributed by atoms with Crippen LogP contribution >= 0.6 is 0 Å². The highest BCUT2D eigenvalue weighted by Crippen LogP contribution is 2.17. The summed E-state index contributed by atoms with van der Waals surface area (Å²) in [5.41, 5.74) is 0. The molecule has 462 valence electrons. The number of esters is 3. The molecular formula is C74H130O6. The minimum atomic E-state index is -0.789. The molecule has 1 unspecified atom stereocenters. The van der Waals surface area contributed by atoms with E-state index in [-0.39, 0.29) is 31.1 Å². The normalized spacial score (nSPS) is 12.6. The Morgan fingerprint density at radius 3 is 0.762 bits per heavy atom. The van der Waals surface area contributed by atoms with Gasteiger partial charge >= 0.3 is 17.9 Å². The van der Waals surface area contributed by atoms with E-state index in [0.717, 1.165) is 109 Å². The van der Waals surface area contributed by atoms with Crippen LogP contribution in [-0.4, -0.2) is 37.2 Å². The molecule has 0 rings (SSSR count). The molecule has 0 saturated heterocycles. The van der Waals surface area contributed by atoms with Gasteiger partial charge in [-0.25, -0.2) is 0 Å². The third-order valence-electron chi connectivity index (χ3n) is 15.1. The number of carbonyl (C=O) groups excluding carboxylic acids is 3. The van der Waals surface area contributed by atoms with E-state index in [1.165, 1.54) is 199 Å². The number of carbonyl (C=O) groups is 3. The van der Waals surface area contributed by atoms with Crippen molar-refractivity contribution in [2.75, 3.05) is 13.2 Å². The van der Waals surface area contributed by atoms with Gasteiger partial charge in [-0.2, -0.15) is 0 Å². The van der Waals surface area contributed by atoms with Gasteiger partial charge in [-0.05, 0) is 96.3 Å². The molecule has 0 saturated carbocycles. The molecule has 0 aliphatic rings. The topological polar surface area (TPSA) is 78.9 Å². The first kappa shape index (κ1) is 76.6. The Labute approximate surface area is 496 Å². The van der Waals surface area contributed by atoms with Crippen LogP contribution in [0.3, 0.4) is 0 Å². The van der Waals surface area contributed by atoms with Crippen molar-refractivity contribution in [2.45, 2.75) is 354 Å². The quantitative estimate of drug-likeness (QED) is 0.0261. The summed E-state index contributed by atoms with van der Waals surface area (Å²) in [4.78, 5) is 38.4. The summed E-state index contributed by atoms with van der Waals surface area (Å²) in [5.74, 6) is -0.893. The van der Waals surface area contributed by atoms with Crippen molar-refractivity contribution in [2.24, 2.45) is 0 Å². The van der Waals surface area contributed by atoms with Crippen molar-refractivity contribution in [1.82, 2.24) is 0 Å². The summed E-state index contributed by atoms with van der Waals surface area (Å²) in [6.07, 6.45) is 90.3. The molecule has 0 N–H and O–H groups in total. The van der Waals surface area contributed by atoms with Crippen LogP contribution in [0.2, 0.25) is 0 Å². The van der Waals surface area contributed by atoms with Crippen molar-refractivity contribution < 1.29 is 28.6 Å². The van der Waals surface area contributed by atoms with Crippen LogP contribution in [0.1, 0.15) is 348 Å². The largest absolute Gasteiger partial charge is 0.462 e. The fraction of sp³-hybridized carbons (Fsp3) is 0.770. The Morgan fingerprint density at radius 1 is 0.263 bits per heavy atom. The Kier molecular flexibility index (Phi) is 65.2. The minimum Gasteiger partial charge on any atom is -0.462 e. The zero-order valence-corrected chi connectivity index (χ0v) is 53.1. The standard InChI is InChI=1S/C74H130O6/c1-4-7-10-13-16-19-22-25-28-31-33-35-36-37-38-39-41-43-46-49-52-55-58-61-64-67-73(76)79-70-71(69-78-72(75)66-63-60-57-54-51-48-45-42-30-27-24-21-18-15-12-9-6-3)80-74(77)68-65-62-59-56-53-50-47-44-40-34-32-29-26-23-20-17-14-11-8-5-2/h9,12,18,21-22,25,27,30-31,33,36-37,45,48,71H,4-8,10-11,13-17,19-20,23-24,26,28-29,32,34-35,38-44,46-47,49-70H2,1-3H3/b12-9-,21-18-,25-22-,30-27-,33-31-,37-36-,48-45-. The zero-order valence-electron chi connectivity index (χ0n) is 53.1. The molecule has 0 fully saturated rings. The first-order chi connectivity index (χ1) is 39.5. The average Bonchev–Trinajstić information content (AvgIpc) is 3.46. The van der Waals surface area contributed by atoms with Gasteiger partial charge in [0, 0.05) is 19.3 Å². The lowest BCUT2D eigenvalue weighted by atomic mass is 10.0. The van der Waals surface area contributed by atoms with Crippen LogP contribution in [0.25, 0.3) is 0 Å². The molecule has 80 heavy (non-hydrogen) atoms. The average molecular weight is 1120 g/mol. The van der Waals surface area contributed by atoms with Gasteiger partial charge in [-0.3, -0.25) is 14.4 Å². The molecule has 0 bridgehead atoms. The highest BCUT2D eigenvalue weighted by Gasteiger charge is 2.19. The Morgan fingerprint density at radius 2 is 0.487 bits per heavy atom. The number of rotatable bonds is 63. The summed E-state index contributed by atoms with van der Waals surface area (Å²) in [7, 11) is 0. The second-order valence-electron chi connectivity index (χ2n) is 23.1. The van der Waals surface area contributed by atoms with Crippen LogP contribution in [-0.2, 0) is 28.6 Å².